The van der Waals surface area contributed by atoms with Crippen molar-refractivity contribution in [2.75, 3.05) is 0 Å². The van der Waals surface area contributed by atoms with Crippen molar-refractivity contribution >= 4 is 17.4 Å². The van der Waals surface area contributed by atoms with Crippen LogP contribution in [0.25, 0.3) is 0 Å². The maximum atomic E-state index is 11.8. The molecule has 0 aliphatic rings. The van der Waals surface area contributed by atoms with Crippen molar-refractivity contribution in [3.8, 4) is 0 Å². The lowest BCUT2D eigenvalue weighted by molar-refractivity contribution is 0.170. The van der Waals surface area contributed by atoms with Gasteiger partial charge in [0.15, 0.2) is 0 Å². The Morgan fingerprint density at radius 1 is 1.27 bits per heavy atom. The van der Waals surface area contributed by atoms with Crippen LogP contribution in [0.3, 0.4) is 0 Å². The second-order valence-corrected chi connectivity index (χ2v) is 11.5. The van der Waals surface area contributed by atoms with E-state index in [-0.39, 0.29) is 6.04 Å². The number of hydrogen-bond donors (Lipinski definition) is 0. The molecule has 0 amide bonds. The van der Waals surface area contributed by atoms with Gasteiger partial charge in [0.25, 0.3) is 0 Å². The minimum absolute atomic E-state index is 0.201. The Kier molecular flexibility index (Phi) is 5.84. The molecule has 0 aromatic heterocycles. The van der Waals surface area contributed by atoms with Gasteiger partial charge >= 0.3 is 0 Å². The van der Waals surface area contributed by atoms with Crippen LogP contribution in [0.15, 0.2) is 0 Å². The SMILES string of the molecule is CC[SiH](CC(F)F)[SiH2]C(F)F. The molecule has 0 nitrogen and oxygen atoms in total. The van der Waals surface area contributed by atoms with E-state index < -0.39 is 29.8 Å². The Hall–Kier alpha value is 0.154. The second-order valence-electron chi connectivity index (χ2n) is 2.53. The highest BCUT2D eigenvalue weighted by atomic mass is 29.2. The largest absolute Gasteiger partial charge is 0.235 e. The van der Waals surface area contributed by atoms with Gasteiger partial charge < -0.3 is 0 Å². The standard InChI is InChI=1S/C5H12F4Si2/c1-2-11(3-4(6)7)10-5(8)9/h4-5,11H,2-3,10H2,1H3. The van der Waals surface area contributed by atoms with Crippen LogP contribution < -0.4 is 0 Å². The highest BCUT2D eigenvalue weighted by molar-refractivity contribution is 7.12. The van der Waals surface area contributed by atoms with E-state index in [0.717, 1.165) is 0 Å². The fraction of sp³-hybridized carbons (Fsp3) is 1.00. The zero-order valence-electron chi connectivity index (χ0n) is 6.37. The summed E-state index contributed by atoms with van der Waals surface area (Å²) in [7, 11) is -3.15. The lowest BCUT2D eigenvalue weighted by Gasteiger charge is -2.10. The Morgan fingerprint density at radius 2 is 1.82 bits per heavy atom. The highest BCUT2D eigenvalue weighted by Crippen LogP contribution is 2.09. The molecule has 0 aliphatic carbocycles. The van der Waals surface area contributed by atoms with E-state index in [0.29, 0.717) is 6.04 Å². The van der Waals surface area contributed by atoms with Crippen LogP contribution in [0.5, 0.6) is 0 Å². The predicted molar refractivity (Wildman–Crippen MR) is 43.0 cm³/mol. The monoisotopic (exact) mass is 204 g/mol. The van der Waals surface area contributed by atoms with Gasteiger partial charge in [-0.1, -0.05) is 13.0 Å². The molecule has 0 aromatic rings. The molecule has 0 radical (unpaired) electrons. The van der Waals surface area contributed by atoms with Crippen LogP contribution in [-0.2, 0) is 0 Å². The lowest BCUT2D eigenvalue weighted by atomic mass is 10.8. The van der Waals surface area contributed by atoms with E-state index in [1.807, 2.05) is 0 Å². The third kappa shape index (κ3) is 6.55. The molecule has 0 saturated heterocycles. The summed E-state index contributed by atoms with van der Waals surface area (Å²) in [5.74, 6) is 0. The molecule has 1 unspecified atom stereocenters. The highest BCUT2D eigenvalue weighted by Gasteiger charge is 2.19. The fourth-order valence-electron chi connectivity index (χ4n) is 0.934. The van der Waals surface area contributed by atoms with Gasteiger partial charge in [-0.05, 0) is 6.04 Å². The second kappa shape index (κ2) is 5.76. The van der Waals surface area contributed by atoms with E-state index >= 15 is 0 Å². The van der Waals surface area contributed by atoms with Crippen molar-refractivity contribution in [2.45, 2.75) is 31.5 Å². The van der Waals surface area contributed by atoms with Gasteiger partial charge in [-0.2, -0.15) is 0 Å². The first-order chi connectivity index (χ1) is 5.06. The number of alkyl halides is 4. The smallest absolute Gasteiger partial charge is 0.217 e. The average Bonchev–Trinajstić information content (AvgIpc) is 1.84. The van der Waals surface area contributed by atoms with Crippen LogP contribution in [0.4, 0.5) is 17.6 Å². The summed E-state index contributed by atoms with van der Waals surface area (Å²) in [5, 5.41) is 0. The number of hydrogen-bond acceptors (Lipinski definition) is 0. The van der Waals surface area contributed by atoms with Crippen molar-refractivity contribution in [3.63, 3.8) is 0 Å². The van der Waals surface area contributed by atoms with Gasteiger partial charge in [-0.25, -0.2) is 17.6 Å². The summed E-state index contributed by atoms with van der Waals surface area (Å²) >= 11 is 0. The van der Waals surface area contributed by atoms with Gasteiger partial charge in [0.05, 0.1) is 9.04 Å². The average molecular weight is 204 g/mol. The zero-order valence-corrected chi connectivity index (χ0v) is 8.93. The van der Waals surface area contributed by atoms with Crippen LogP contribution in [0.2, 0.25) is 12.1 Å². The minimum atomic E-state index is -2.36. The van der Waals surface area contributed by atoms with Gasteiger partial charge in [-0.15, -0.1) is 0 Å². The number of halogens is 4. The topological polar surface area (TPSA) is 0 Å². The van der Waals surface area contributed by atoms with Crippen LogP contribution in [-0.4, -0.2) is 29.8 Å². The molecular formula is C5H12F4Si2. The van der Waals surface area contributed by atoms with E-state index in [4.69, 9.17) is 0 Å². The summed E-state index contributed by atoms with van der Waals surface area (Å²) in [4.78, 5) is 0. The predicted octanol–water partition coefficient (Wildman–Crippen LogP) is 1.39. The molecule has 0 heterocycles. The van der Waals surface area contributed by atoms with E-state index in [9.17, 15) is 17.6 Å². The van der Waals surface area contributed by atoms with Gasteiger partial charge in [0.1, 0.15) is 0 Å². The molecule has 0 spiro atoms. The Bertz CT molecular complexity index is 88.5. The van der Waals surface area contributed by atoms with Crippen molar-refractivity contribution in [3.05, 3.63) is 0 Å². The summed E-state index contributed by atoms with van der Waals surface area (Å²) in [5.41, 5.74) is 0. The molecule has 6 heteroatoms. The van der Waals surface area contributed by atoms with Gasteiger partial charge in [0.2, 0.25) is 12.5 Å². The third-order valence-electron chi connectivity index (χ3n) is 1.60. The Morgan fingerprint density at radius 3 is 2.09 bits per heavy atom. The first-order valence-electron chi connectivity index (χ1n) is 3.62. The first kappa shape index (κ1) is 11.2. The molecule has 11 heavy (non-hydrogen) atoms. The number of rotatable bonds is 5. The summed E-state index contributed by atoms with van der Waals surface area (Å²) in [6, 6.07) is -1.86. The Labute approximate surface area is 67.2 Å². The zero-order chi connectivity index (χ0) is 8.85. The molecular weight excluding hydrogens is 192 g/mol. The van der Waals surface area contributed by atoms with E-state index in [1.165, 1.54) is 0 Å². The van der Waals surface area contributed by atoms with Crippen molar-refractivity contribution in [2.24, 2.45) is 0 Å². The molecule has 0 aliphatic heterocycles. The van der Waals surface area contributed by atoms with Crippen molar-refractivity contribution in [1.82, 2.24) is 0 Å². The summed E-state index contributed by atoms with van der Waals surface area (Å²) in [6.07, 6.45) is -2.36. The van der Waals surface area contributed by atoms with Crippen LogP contribution in [0.1, 0.15) is 6.92 Å². The van der Waals surface area contributed by atoms with Gasteiger partial charge in [0, 0.05) is 8.31 Å². The maximum Gasteiger partial charge on any atom is 0.235 e. The summed E-state index contributed by atoms with van der Waals surface area (Å²) in [6.45, 7) is 1.74. The fourth-order valence-corrected chi connectivity index (χ4v) is 6.65. The molecule has 0 aromatic carbocycles. The normalized spacial score (nSPS) is 15.5. The third-order valence-corrected chi connectivity index (χ3v) is 10.6. The minimum Gasteiger partial charge on any atom is -0.217 e. The first-order valence-corrected chi connectivity index (χ1v) is 9.34. The Balaban J connectivity index is 3.58. The molecule has 0 bridgehead atoms. The lowest BCUT2D eigenvalue weighted by Crippen LogP contribution is -2.29. The molecule has 68 valence electrons. The van der Waals surface area contributed by atoms with Crippen molar-refractivity contribution in [1.29, 1.82) is 0 Å². The molecule has 0 N–H and O–H groups in total. The molecule has 0 fully saturated rings. The van der Waals surface area contributed by atoms with Crippen LogP contribution >= 0.6 is 0 Å². The molecule has 0 saturated carbocycles. The van der Waals surface area contributed by atoms with Crippen molar-refractivity contribution < 1.29 is 17.6 Å². The quantitative estimate of drug-likeness (QED) is 0.469. The van der Waals surface area contributed by atoms with E-state index in [1.54, 1.807) is 6.92 Å². The van der Waals surface area contributed by atoms with Gasteiger partial charge in [-0.3, -0.25) is 0 Å². The maximum absolute atomic E-state index is 11.8. The molecule has 0 rings (SSSR count). The molecule has 1 atom stereocenters. The van der Waals surface area contributed by atoms with E-state index in [2.05, 4.69) is 0 Å². The van der Waals surface area contributed by atoms with Crippen LogP contribution in [0, 0.1) is 0 Å². The summed E-state index contributed by atoms with van der Waals surface area (Å²) < 4.78 is 47.0.